The van der Waals surface area contributed by atoms with Gasteiger partial charge in [0.2, 0.25) is 0 Å². The summed E-state index contributed by atoms with van der Waals surface area (Å²) in [5, 5.41) is 7.29. The predicted molar refractivity (Wildman–Crippen MR) is 119 cm³/mol. The van der Waals surface area contributed by atoms with Crippen LogP contribution in [-0.4, -0.2) is 45.2 Å². The van der Waals surface area contributed by atoms with Gasteiger partial charge in [0.25, 0.3) is 0 Å². The Morgan fingerprint density at radius 2 is 1.93 bits per heavy atom. The molecule has 1 unspecified atom stereocenters. The van der Waals surface area contributed by atoms with Crippen molar-refractivity contribution in [2.45, 2.75) is 32.7 Å². The highest BCUT2D eigenvalue weighted by molar-refractivity contribution is 7.16. The lowest BCUT2D eigenvalue weighted by Crippen LogP contribution is -2.44. The number of nitrogens with zero attached hydrogens (tertiary/aromatic N) is 5. The number of rotatable bonds is 3. The number of hydrogen-bond donors (Lipinski definition) is 0. The quantitative estimate of drug-likeness (QED) is 0.628. The maximum absolute atomic E-state index is 5.05. The molecule has 1 fully saturated rings. The summed E-state index contributed by atoms with van der Waals surface area (Å²) < 4.78 is 1.26. The molecule has 0 saturated carbocycles. The fourth-order valence-corrected chi connectivity index (χ4v) is 4.90. The molecule has 2 aliphatic rings. The number of benzene rings is 1. The molecule has 5 rings (SSSR count). The van der Waals surface area contributed by atoms with Gasteiger partial charge in [-0.1, -0.05) is 11.6 Å². The molecule has 1 atom stereocenters. The van der Waals surface area contributed by atoms with Crippen molar-refractivity contribution in [2.24, 2.45) is 5.10 Å². The Kier molecular flexibility index (Phi) is 4.89. The van der Waals surface area contributed by atoms with Crippen molar-refractivity contribution in [3.63, 3.8) is 0 Å². The minimum absolute atomic E-state index is 0.357. The van der Waals surface area contributed by atoms with Crippen LogP contribution in [0.2, 0.25) is 0 Å². The van der Waals surface area contributed by atoms with Gasteiger partial charge in [0.05, 0.1) is 28.0 Å². The molecule has 1 saturated heterocycles. The van der Waals surface area contributed by atoms with Crippen LogP contribution in [0.3, 0.4) is 0 Å². The molecule has 1 aromatic carbocycles. The fraction of sp³-hybridized carbons (Fsp3) is 0.348. The van der Waals surface area contributed by atoms with Gasteiger partial charge in [0.1, 0.15) is 0 Å². The third kappa shape index (κ3) is 3.58. The summed E-state index contributed by atoms with van der Waals surface area (Å²) in [7, 11) is 0. The van der Waals surface area contributed by atoms with Crippen LogP contribution in [0.4, 0.5) is 0 Å². The van der Waals surface area contributed by atoms with Crippen LogP contribution in [0.25, 0.3) is 10.2 Å². The second-order valence-electron chi connectivity index (χ2n) is 7.86. The molecule has 0 bridgehead atoms. The van der Waals surface area contributed by atoms with Gasteiger partial charge in [-0.15, -0.1) is 11.3 Å². The number of piperazine rings is 1. The molecule has 2 aromatic heterocycles. The van der Waals surface area contributed by atoms with Crippen LogP contribution >= 0.6 is 11.3 Å². The lowest BCUT2D eigenvalue weighted by molar-refractivity contribution is 0.141. The highest BCUT2D eigenvalue weighted by atomic mass is 32.1. The topological polar surface area (TPSA) is 44.6 Å². The van der Waals surface area contributed by atoms with Crippen molar-refractivity contribution in [1.29, 1.82) is 0 Å². The number of pyridine rings is 1. The van der Waals surface area contributed by atoms with Crippen LogP contribution in [-0.2, 0) is 0 Å². The van der Waals surface area contributed by atoms with E-state index in [0.717, 1.165) is 43.7 Å². The van der Waals surface area contributed by atoms with Gasteiger partial charge < -0.3 is 0 Å². The van der Waals surface area contributed by atoms with Crippen molar-refractivity contribution < 1.29 is 0 Å². The average Bonchev–Trinajstić information content (AvgIpc) is 3.17. The third-order valence-corrected chi connectivity index (χ3v) is 6.94. The largest absolute Gasteiger partial charge is 0.289 e. The van der Waals surface area contributed by atoms with Gasteiger partial charge in [-0.3, -0.25) is 14.9 Å². The zero-order chi connectivity index (χ0) is 19.8. The first kappa shape index (κ1) is 18.5. The average molecular weight is 404 g/mol. The van der Waals surface area contributed by atoms with Crippen molar-refractivity contribution in [2.75, 3.05) is 19.6 Å². The lowest BCUT2D eigenvalue weighted by atomic mass is 10.0. The van der Waals surface area contributed by atoms with Gasteiger partial charge in [-0.25, -0.2) is 4.98 Å². The molecular formula is C23H25N5S. The van der Waals surface area contributed by atoms with Crippen molar-refractivity contribution >= 4 is 27.3 Å². The van der Waals surface area contributed by atoms with Crippen LogP contribution in [0, 0.1) is 0 Å². The van der Waals surface area contributed by atoms with Crippen molar-refractivity contribution in [3.8, 4) is 0 Å². The van der Waals surface area contributed by atoms with E-state index >= 15 is 0 Å². The number of fused-ring (bicyclic) bond motifs is 2. The van der Waals surface area contributed by atoms with Gasteiger partial charge in [-0.2, -0.15) is 5.10 Å². The third-order valence-electron chi connectivity index (χ3n) is 6.13. The van der Waals surface area contributed by atoms with Gasteiger partial charge in [-0.05, 0) is 56.5 Å². The first-order valence-corrected chi connectivity index (χ1v) is 11.1. The summed E-state index contributed by atoms with van der Waals surface area (Å²) in [6, 6.07) is 11.2. The Morgan fingerprint density at radius 3 is 2.79 bits per heavy atom. The van der Waals surface area contributed by atoms with Crippen molar-refractivity contribution in [3.05, 3.63) is 70.6 Å². The normalized spacial score (nSPS) is 19.1. The van der Waals surface area contributed by atoms with E-state index in [1.807, 2.05) is 17.9 Å². The minimum Gasteiger partial charge on any atom is -0.289 e. The number of thiazole rings is 1. The second kappa shape index (κ2) is 7.69. The number of allylic oxidation sites excluding steroid dienone is 1. The summed E-state index contributed by atoms with van der Waals surface area (Å²) in [6.07, 6.45) is 5.73. The van der Waals surface area contributed by atoms with E-state index in [1.54, 1.807) is 11.3 Å². The molecule has 3 aromatic rings. The smallest absolute Gasteiger partial charge is 0.0815 e. The van der Waals surface area contributed by atoms with E-state index in [2.05, 4.69) is 64.1 Å². The summed E-state index contributed by atoms with van der Waals surface area (Å²) >= 11 is 1.70. The molecule has 0 spiro atoms. The summed E-state index contributed by atoms with van der Waals surface area (Å²) in [6.45, 7) is 7.43. The monoisotopic (exact) mass is 403 g/mol. The van der Waals surface area contributed by atoms with Gasteiger partial charge >= 0.3 is 0 Å². The van der Waals surface area contributed by atoms with Gasteiger partial charge in [0.15, 0.2) is 0 Å². The van der Waals surface area contributed by atoms with Crippen LogP contribution in [0.15, 0.2) is 64.6 Å². The van der Waals surface area contributed by atoms with Crippen LogP contribution in [0.5, 0.6) is 0 Å². The van der Waals surface area contributed by atoms with Crippen LogP contribution in [0.1, 0.15) is 43.9 Å². The second-order valence-corrected chi connectivity index (χ2v) is 8.75. The number of aromatic nitrogens is 2. The van der Waals surface area contributed by atoms with E-state index in [9.17, 15) is 0 Å². The van der Waals surface area contributed by atoms with E-state index in [0.29, 0.717) is 6.04 Å². The maximum atomic E-state index is 5.05. The molecule has 5 nitrogen and oxygen atoms in total. The highest BCUT2D eigenvalue weighted by Gasteiger charge is 2.28. The molecule has 29 heavy (non-hydrogen) atoms. The minimum atomic E-state index is 0.357. The van der Waals surface area contributed by atoms with E-state index in [4.69, 9.17) is 5.10 Å². The molecular weight excluding hydrogens is 378 g/mol. The number of hydrazone groups is 1. The maximum Gasteiger partial charge on any atom is 0.0815 e. The summed E-state index contributed by atoms with van der Waals surface area (Å²) in [4.78, 5) is 11.2. The molecule has 148 valence electrons. The first-order valence-electron chi connectivity index (χ1n) is 10.2. The Hall–Kier alpha value is -2.57. The standard InChI is InChI=1S/C23H25N5S/c1-16-3-5-20(18-7-9-24-10-8-18)26-28-12-11-27(14-22(16)28)17(2)19-4-6-23-21(13-19)25-15-29-23/h4,6-10,13,15,17H,3,5,11-12,14H2,1-2H3. The zero-order valence-corrected chi connectivity index (χ0v) is 17.7. The molecule has 0 aliphatic carbocycles. The predicted octanol–water partition coefficient (Wildman–Crippen LogP) is 4.84. The Bertz CT molecular complexity index is 1080. The molecule has 2 aliphatic heterocycles. The Balaban J connectivity index is 1.38. The fourth-order valence-electron chi connectivity index (χ4n) is 4.25. The zero-order valence-electron chi connectivity index (χ0n) is 16.9. The van der Waals surface area contributed by atoms with Gasteiger partial charge in [0, 0.05) is 42.8 Å². The van der Waals surface area contributed by atoms with E-state index < -0.39 is 0 Å². The van der Waals surface area contributed by atoms with Crippen molar-refractivity contribution in [1.82, 2.24) is 19.9 Å². The molecule has 0 radical (unpaired) electrons. The summed E-state index contributed by atoms with van der Waals surface area (Å²) in [5.41, 5.74) is 9.53. The molecule has 4 heterocycles. The first-order chi connectivity index (χ1) is 14.2. The molecule has 6 heteroatoms. The number of hydrogen-bond acceptors (Lipinski definition) is 6. The highest BCUT2D eigenvalue weighted by Crippen LogP contribution is 2.31. The summed E-state index contributed by atoms with van der Waals surface area (Å²) in [5.74, 6) is 0. The SMILES string of the molecule is CC1=C2CN(C(C)c3ccc4scnc4c3)CCN2N=C(c2ccncc2)CC1. The van der Waals surface area contributed by atoms with Crippen LogP contribution < -0.4 is 0 Å². The molecule has 0 amide bonds. The lowest BCUT2D eigenvalue weighted by Gasteiger charge is -2.39. The molecule has 0 N–H and O–H groups in total. The Morgan fingerprint density at radius 1 is 1.07 bits per heavy atom. The Labute approximate surface area is 175 Å². The van der Waals surface area contributed by atoms with E-state index in [1.165, 1.54) is 27.1 Å². The van der Waals surface area contributed by atoms with E-state index in [-0.39, 0.29) is 0 Å².